The van der Waals surface area contributed by atoms with E-state index in [0.29, 0.717) is 19.6 Å². The second-order valence-corrected chi connectivity index (χ2v) is 3.06. The first-order valence-corrected chi connectivity index (χ1v) is 4.85. The Balaban J connectivity index is 3.21. The second kappa shape index (κ2) is 8.44. The summed E-state index contributed by atoms with van der Waals surface area (Å²) in [6.07, 6.45) is -0.209. The van der Waals surface area contributed by atoms with E-state index in [9.17, 15) is 5.11 Å². The summed E-state index contributed by atoms with van der Waals surface area (Å²) in [6, 6.07) is 0. The van der Waals surface area contributed by atoms with Crippen LogP contribution in [-0.4, -0.2) is 48.7 Å². The maximum atomic E-state index is 9.30. The SMILES string of the molecule is CCNCC(O)COCC(O)CC. The lowest BCUT2D eigenvalue weighted by Gasteiger charge is -2.13. The minimum atomic E-state index is -0.482. The molecule has 80 valence electrons. The summed E-state index contributed by atoms with van der Waals surface area (Å²) in [5, 5.41) is 21.4. The quantitative estimate of drug-likeness (QED) is 0.495. The standard InChI is InChI=1S/C9H21NO3/c1-3-8(11)6-13-7-9(12)5-10-4-2/h8-12H,3-7H2,1-2H3. The molecule has 0 aromatic carbocycles. The van der Waals surface area contributed by atoms with Crippen LogP contribution in [0.5, 0.6) is 0 Å². The Labute approximate surface area is 79.9 Å². The van der Waals surface area contributed by atoms with Gasteiger partial charge in [0.05, 0.1) is 25.4 Å². The Bertz CT molecular complexity index is 111. The van der Waals surface area contributed by atoms with E-state index in [1.807, 2.05) is 13.8 Å². The van der Waals surface area contributed by atoms with Crippen molar-refractivity contribution < 1.29 is 14.9 Å². The molecule has 2 atom stereocenters. The van der Waals surface area contributed by atoms with E-state index in [0.717, 1.165) is 6.54 Å². The Morgan fingerprint density at radius 2 is 1.77 bits per heavy atom. The van der Waals surface area contributed by atoms with Crippen molar-refractivity contribution in [2.45, 2.75) is 32.5 Å². The molecule has 0 aromatic rings. The van der Waals surface area contributed by atoms with Crippen LogP contribution in [0.25, 0.3) is 0 Å². The van der Waals surface area contributed by atoms with Crippen molar-refractivity contribution in [2.75, 3.05) is 26.3 Å². The number of rotatable bonds is 8. The average molecular weight is 191 g/mol. The minimum absolute atomic E-state index is 0.282. The van der Waals surface area contributed by atoms with Crippen LogP contribution in [0, 0.1) is 0 Å². The molecule has 4 nitrogen and oxygen atoms in total. The summed E-state index contributed by atoms with van der Waals surface area (Å²) in [4.78, 5) is 0. The Morgan fingerprint density at radius 3 is 2.31 bits per heavy atom. The fourth-order valence-electron chi connectivity index (χ4n) is 0.828. The minimum Gasteiger partial charge on any atom is -0.391 e. The van der Waals surface area contributed by atoms with Gasteiger partial charge in [-0.3, -0.25) is 0 Å². The molecular formula is C9H21NO3. The fraction of sp³-hybridized carbons (Fsp3) is 1.00. The lowest BCUT2D eigenvalue weighted by atomic mass is 10.3. The normalized spacial score (nSPS) is 15.7. The van der Waals surface area contributed by atoms with E-state index in [-0.39, 0.29) is 6.61 Å². The zero-order chi connectivity index (χ0) is 10.1. The molecule has 0 aliphatic carbocycles. The molecule has 3 N–H and O–H groups in total. The first-order valence-electron chi connectivity index (χ1n) is 4.85. The highest BCUT2D eigenvalue weighted by atomic mass is 16.5. The zero-order valence-corrected chi connectivity index (χ0v) is 8.49. The first-order chi connectivity index (χ1) is 6.20. The summed E-state index contributed by atoms with van der Waals surface area (Å²) in [5.41, 5.74) is 0. The molecule has 0 fully saturated rings. The number of hydrogen-bond acceptors (Lipinski definition) is 4. The van der Waals surface area contributed by atoms with Gasteiger partial charge in [0.1, 0.15) is 0 Å². The molecule has 0 heterocycles. The van der Waals surface area contributed by atoms with Gasteiger partial charge in [0.25, 0.3) is 0 Å². The number of aliphatic hydroxyl groups excluding tert-OH is 2. The van der Waals surface area contributed by atoms with Crippen molar-refractivity contribution in [1.29, 1.82) is 0 Å². The number of hydrogen-bond donors (Lipinski definition) is 3. The third-order valence-electron chi connectivity index (χ3n) is 1.72. The van der Waals surface area contributed by atoms with E-state index in [2.05, 4.69) is 5.32 Å². The van der Waals surface area contributed by atoms with Crippen molar-refractivity contribution >= 4 is 0 Å². The van der Waals surface area contributed by atoms with Crippen LogP contribution >= 0.6 is 0 Å². The first kappa shape index (κ1) is 12.8. The third-order valence-corrected chi connectivity index (χ3v) is 1.72. The molecule has 0 amide bonds. The molecule has 0 aliphatic heterocycles. The van der Waals surface area contributed by atoms with Crippen LogP contribution in [0.2, 0.25) is 0 Å². The van der Waals surface area contributed by atoms with Gasteiger partial charge in [0, 0.05) is 6.54 Å². The van der Waals surface area contributed by atoms with Crippen LogP contribution in [-0.2, 0) is 4.74 Å². The lowest BCUT2D eigenvalue weighted by molar-refractivity contribution is -0.00752. The molecule has 4 heteroatoms. The van der Waals surface area contributed by atoms with Gasteiger partial charge < -0.3 is 20.3 Å². The number of ether oxygens (including phenoxy) is 1. The summed E-state index contributed by atoms with van der Waals surface area (Å²) in [7, 11) is 0. The maximum Gasteiger partial charge on any atom is 0.0897 e. The predicted molar refractivity (Wildman–Crippen MR) is 51.7 cm³/mol. The van der Waals surface area contributed by atoms with E-state index in [4.69, 9.17) is 9.84 Å². The van der Waals surface area contributed by atoms with Crippen molar-refractivity contribution in [3.05, 3.63) is 0 Å². The van der Waals surface area contributed by atoms with E-state index in [1.165, 1.54) is 0 Å². The number of likely N-dealkylation sites (N-methyl/N-ethyl adjacent to an activating group) is 1. The highest BCUT2D eigenvalue weighted by Gasteiger charge is 2.05. The van der Waals surface area contributed by atoms with Crippen LogP contribution in [0.15, 0.2) is 0 Å². The average Bonchev–Trinajstić information content (AvgIpc) is 2.14. The van der Waals surface area contributed by atoms with Crippen molar-refractivity contribution in [3.63, 3.8) is 0 Å². The van der Waals surface area contributed by atoms with Gasteiger partial charge in [-0.15, -0.1) is 0 Å². The zero-order valence-electron chi connectivity index (χ0n) is 8.49. The number of nitrogens with one attached hydrogen (secondary N) is 1. The van der Waals surface area contributed by atoms with E-state index < -0.39 is 12.2 Å². The molecule has 0 saturated carbocycles. The van der Waals surface area contributed by atoms with Gasteiger partial charge in [-0.1, -0.05) is 13.8 Å². The molecule has 0 rings (SSSR count). The van der Waals surface area contributed by atoms with Crippen LogP contribution in [0.4, 0.5) is 0 Å². The van der Waals surface area contributed by atoms with Gasteiger partial charge in [-0.2, -0.15) is 0 Å². The van der Waals surface area contributed by atoms with E-state index >= 15 is 0 Å². The summed E-state index contributed by atoms with van der Waals surface area (Å²) < 4.78 is 5.11. The summed E-state index contributed by atoms with van der Waals surface area (Å²) in [6.45, 7) is 5.84. The molecule has 0 aromatic heterocycles. The molecule has 0 radical (unpaired) electrons. The van der Waals surface area contributed by atoms with E-state index in [1.54, 1.807) is 0 Å². The molecule has 0 spiro atoms. The molecule has 0 aliphatic rings. The largest absolute Gasteiger partial charge is 0.391 e. The monoisotopic (exact) mass is 191 g/mol. The molecule has 0 bridgehead atoms. The Morgan fingerprint density at radius 1 is 1.15 bits per heavy atom. The van der Waals surface area contributed by atoms with Gasteiger partial charge in [0.2, 0.25) is 0 Å². The topological polar surface area (TPSA) is 61.7 Å². The lowest BCUT2D eigenvalue weighted by Crippen LogP contribution is -2.31. The number of aliphatic hydroxyl groups is 2. The smallest absolute Gasteiger partial charge is 0.0897 e. The highest BCUT2D eigenvalue weighted by molar-refractivity contribution is 4.57. The van der Waals surface area contributed by atoms with Crippen molar-refractivity contribution in [1.82, 2.24) is 5.32 Å². The Kier molecular flexibility index (Phi) is 8.33. The molecule has 2 unspecified atom stereocenters. The predicted octanol–water partition coefficient (Wildman–Crippen LogP) is -0.256. The molecule has 0 saturated heterocycles. The summed E-state index contributed by atoms with van der Waals surface area (Å²) in [5.74, 6) is 0. The molecule has 13 heavy (non-hydrogen) atoms. The molecular weight excluding hydrogens is 170 g/mol. The highest BCUT2D eigenvalue weighted by Crippen LogP contribution is 1.92. The van der Waals surface area contributed by atoms with Gasteiger partial charge in [-0.05, 0) is 13.0 Å². The van der Waals surface area contributed by atoms with Gasteiger partial charge >= 0.3 is 0 Å². The summed E-state index contributed by atoms with van der Waals surface area (Å²) >= 11 is 0. The van der Waals surface area contributed by atoms with Crippen molar-refractivity contribution in [2.24, 2.45) is 0 Å². The fourth-order valence-corrected chi connectivity index (χ4v) is 0.828. The van der Waals surface area contributed by atoms with Gasteiger partial charge in [0.15, 0.2) is 0 Å². The van der Waals surface area contributed by atoms with Crippen LogP contribution < -0.4 is 5.32 Å². The van der Waals surface area contributed by atoms with Crippen LogP contribution in [0.3, 0.4) is 0 Å². The van der Waals surface area contributed by atoms with Crippen molar-refractivity contribution in [3.8, 4) is 0 Å². The maximum absolute atomic E-state index is 9.30. The third kappa shape index (κ3) is 8.18. The van der Waals surface area contributed by atoms with Crippen LogP contribution in [0.1, 0.15) is 20.3 Å². The second-order valence-electron chi connectivity index (χ2n) is 3.06. The Hall–Kier alpha value is -0.160. The van der Waals surface area contributed by atoms with Gasteiger partial charge in [-0.25, -0.2) is 0 Å².